The van der Waals surface area contributed by atoms with Crippen LogP contribution >= 0.6 is 0 Å². The number of esters is 2. The number of carbonyl (C=O) groups is 2. The van der Waals surface area contributed by atoms with Crippen LogP contribution in [0.15, 0.2) is 35.6 Å². The van der Waals surface area contributed by atoms with Gasteiger partial charge in [0, 0.05) is 11.5 Å². The number of hydrogen-bond donors (Lipinski definition) is 1. The van der Waals surface area contributed by atoms with E-state index in [1.54, 1.807) is 18.2 Å². The smallest absolute Gasteiger partial charge is 0.337 e. The highest BCUT2D eigenvalue weighted by Crippen LogP contribution is 2.49. The summed E-state index contributed by atoms with van der Waals surface area (Å²) in [5.41, 5.74) is -0.197. The fourth-order valence-electron chi connectivity index (χ4n) is 3.15. The quantitative estimate of drug-likeness (QED) is 0.599. The summed E-state index contributed by atoms with van der Waals surface area (Å²) in [4.78, 5) is 23.7. The van der Waals surface area contributed by atoms with Gasteiger partial charge < -0.3 is 19.3 Å². The predicted molar refractivity (Wildman–Crippen MR) is 70.5 cm³/mol. The Morgan fingerprint density at radius 3 is 2.90 bits per heavy atom. The van der Waals surface area contributed by atoms with Gasteiger partial charge in [-0.15, -0.1) is 0 Å². The van der Waals surface area contributed by atoms with Gasteiger partial charge in [-0.2, -0.15) is 0 Å². The lowest BCUT2D eigenvalue weighted by Gasteiger charge is -2.37. The fraction of sp³-hybridized carbons (Fsp3) is 0.467. The van der Waals surface area contributed by atoms with Gasteiger partial charge in [0.25, 0.3) is 0 Å². The molecule has 3 rings (SSSR count). The summed E-state index contributed by atoms with van der Waals surface area (Å²) >= 11 is 0. The summed E-state index contributed by atoms with van der Waals surface area (Å²) in [6.07, 6.45) is 5.76. The third-order valence-corrected chi connectivity index (χ3v) is 4.21. The summed E-state index contributed by atoms with van der Waals surface area (Å²) in [5.74, 6) is -1.93. The number of rotatable bonds is 2. The van der Waals surface area contributed by atoms with Crippen molar-refractivity contribution in [2.45, 2.75) is 25.2 Å². The zero-order valence-electron chi connectivity index (χ0n) is 11.7. The van der Waals surface area contributed by atoms with Crippen LogP contribution in [0.25, 0.3) is 0 Å². The van der Waals surface area contributed by atoms with Gasteiger partial charge in [-0.1, -0.05) is 13.0 Å². The van der Waals surface area contributed by atoms with E-state index in [4.69, 9.17) is 14.2 Å². The summed E-state index contributed by atoms with van der Waals surface area (Å²) < 4.78 is 15.3. The fourth-order valence-corrected chi connectivity index (χ4v) is 3.15. The van der Waals surface area contributed by atoms with Gasteiger partial charge >= 0.3 is 11.9 Å². The molecule has 21 heavy (non-hydrogen) atoms. The SMILES string of the molecule is CCC1=CC2(C=C[C@H]3C(C(=O)OC)=CO[C@H](O)[C@H]32)OC1=O. The molecule has 0 bridgehead atoms. The van der Waals surface area contributed by atoms with E-state index in [1.807, 2.05) is 6.92 Å². The van der Waals surface area contributed by atoms with E-state index in [0.717, 1.165) is 0 Å². The van der Waals surface area contributed by atoms with Crippen LogP contribution in [0.2, 0.25) is 0 Å². The average molecular weight is 292 g/mol. The first-order valence-electron chi connectivity index (χ1n) is 6.78. The molecule has 0 radical (unpaired) electrons. The van der Waals surface area contributed by atoms with Crippen LogP contribution in [0.1, 0.15) is 13.3 Å². The highest BCUT2D eigenvalue weighted by atomic mass is 16.6. The molecule has 1 unspecified atom stereocenters. The van der Waals surface area contributed by atoms with E-state index in [9.17, 15) is 14.7 Å². The van der Waals surface area contributed by atoms with Gasteiger partial charge in [-0.25, -0.2) is 9.59 Å². The summed E-state index contributed by atoms with van der Waals surface area (Å²) in [7, 11) is 1.28. The average Bonchev–Trinajstić information content (AvgIpc) is 3.00. The largest absolute Gasteiger partial charge is 0.472 e. The van der Waals surface area contributed by atoms with Gasteiger partial charge in [-0.3, -0.25) is 0 Å². The minimum Gasteiger partial charge on any atom is -0.472 e. The molecule has 0 saturated heterocycles. The van der Waals surface area contributed by atoms with Crippen molar-refractivity contribution in [2.75, 3.05) is 7.11 Å². The van der Waals surface area contributed by atoms with E-state index in [1.165, 1.54) is 13.4 Å². The number of aliphatic hydroxyl groups excluding tert-OH is 1. The second-order valence-electron chi connectivity index (χ2n) is 5.27. The maximum atomic E-state index is 11.9. The zero-order valence-corrected chi connectivity index (χ0v) is 11.7. The molecule has 0 amide bonds. The Morgan fingerprint density at radius 1 is 1.52 bits per heavy atom. The first-order chi connectivity index (χ1) is 10.0. The van der Waals surface area contributed by atoms with Crippen LogP contribution < -0.4 is 0 Å². The Kier molecular flexibility index (Phi) is 3.13. The lowest BCUT2D eigenvalue weighted by molar-refractivity contribution is -0.172. The number of hydrogen-bond acceptors (Lipinski definition) is 6. The minimum atomic E-state index is -1.17. The molecule has 6 heteroatoms. The van der Waals surface area contributed by atoms with Crippen LogP contribution in [-0.4, -0.2) is 36.0 Å². The first-order valence-corrected chi connectivity index (χ1v) is 6.78. The van der Waals surface area contributed by atoms with E-state index < -0.39 is 35.7 Å². The molecular weight excluding hydrogens is 276 g/mol. The molecule has 112 valence electrons. The topological polar surface area (TPSA) is 82.1 Å². The van der Waals surface area contributed by atoms with Crippen LogP contribution in [0.3, 0.4) is 0 Å². The van der Waals surface area contributed by atoms with Crippen molar-refractivity contribution in [3.05, 3.63) is 35.6 Å². The molecule has 0 aromatic rings. The molecule has 1 aliphatic carbocycles. The zero-order chi connectivity index (χ0) is 15.2. The number of methoxy groups -OCH3 is 1. The lowest BCUT2D eigenvalue weighted by Crippen LogP contribution is -2.46. The molecule has 0 aromatic carbocycles. The van der Waals surface area contributed by atoms with Crippen LogP contribution in [0.4, 0.5) is 0 Å². The Balaban J connectivity index is 1.99. The van der Waals surface area contributed by atoms with E-state index in [2.05, 4.69) is 0 Å². The van der Waals surface area contributed by atoms with Crippen molar-refractivity contribution >= 4 is 11.9 Å². The predicted octanol–water partition coefficient (Wildman–Crippen LogP) is 0.826. The van der Waals surface area contributed by atoms with E-state index >= 15 is 0 Å². The van der Waals surface area contributed by atoms with Crippen molar-refractivity contribution in [1.82, 2.24) is 0 Å². The number of ether oxygens (including phenoxy) is 3. The van der Waals surface area contributed by atoms with Crippen molar-refractivity contribution in [3.63, 3.8) is 0 Å². The lowest BCUT2D eigenvalue weighted by atomic mass is 9.79. The van der Waals surface area contributed by atoms with Crippen molar-refractivity contribution < 1.29 is 28.9 Å². The van der Waals surface area contributed by atoms with E-state index in [0.29, 0.717) is 17.6 Å². The highest BCUT2D eigenvalue weighted by Gasteiger charge is 2.57. The molecular formula is C15H16O6. The number of aliphatic hydroxyl groups is 1. The number of allylic oxidation sites excluding steroid dienone is 1. The second-order valence-corrected chi connectivity index (χ2v) is 5.27. The first kappa shape index (κ1) is 13.9. The molecule has 2 aliphatic heterocycles. The number of carbonyl (C=O) groups excluding carboxylic acids is 2. The molecule has 1 spiro atoms. The van der Waals surface area contributed by atoms with Gasteiger partial charge in [0.15, 0.2) is 5.60 Å². The summed E-state index contributed by atoms with van der Waals surface area (Å²) in [6, 6.07) is 0. The van der Waals surface area contributed by atoms with Crippen LogP contribution in [0, 0.1) is 11.8 Å². The van der Waals surface area contributed by atoms with Crippen LogP contribution in [0.5, 0.6) is 0 Å². The monoisotopic (exact) mass is 292 g/mol. The minimum absolute atomic E-state index is 0.301. The van der Waals surface area contributed by atoms with E-state index in [-0.39, 0.29) is 0 Å². The number of fused-ring (bicyclic) bond motifs is 2. The third kappa shape index (κ3) is 1.90. The Labute approximate surface area is 121 Å². The maximum absolute atomic E-state index is 11.9. The van der Waals surface area contributed by atoms with Gasteiger partial charge in [-0.05, 0) is 18.6 Å². The summed E-state index contributed by atoms with van der Waals surface area (Å²) in [6.45, 7) is 1.86. The van der Waals surface area contributed by atoms with Gasteiger partial charge in [0.2, 0.25) is 6.29 Å². The van der Waals surface area contributed by atoms with Crippen molar-refractivity contribution in [1.29, 1.82) is 0 Å². The Bertz CT molecular complexity index is 587. The molecule has 6 nitrogen and oxygen atoms in total. The molecule has 4 atom stereocenters. The van der Waals surface area contributed by atoms with Gasteiger partial charge in [0.05, 0.1) is 24.9 Å². The molecule has 2 heterocycles. The maximum Gasteiger partial charge on any atom is 0.337 e. The summed E-state index contributed by atoms with van der Waals surface area (Å²) in [5, 5.41) is 10.1. The molecule has 1 N–H and O–H groups in total. The van der Waals surface area contributed by atoms with Crippen molar-refractivity contribution in [3.8, 4) is 0 Å². The van der Waals surface area contributed by atoms with Crippen LogP contribution in [-0.2, 0) is 23.8 Å². The van der Waals surface area contributed by atoms with Gasteiger partial charge in [0.1, 0.15) is 0 Å². The molecule has 0 fully saturated rings. The molecule has 0 saturated carbocycles. The molecule has 0 aromatic heterocycles. The standard InChI is InChI=1S/C15H16O6/c1-3-8-6-15(21-12(8)16)5-4-9-10(13(17)19-2)7-20-14(18)11(9)15/h4-7,9,11,14,18H,3H2,1-2H3/t9-,11-,14-,15?/m0/s1. The Morgan fingerprint density at radius 2 is 2.29 bits per heavy atom. The Hall–Kier alpha value is -2.08. The molecule has 3 aliphatic rings. The van der Waals surface area contributed by atoms with Crippen molar-refractivity contribution in [2.24, 2.45) is 11.8 Å². The third-order valence-electron chi connectivity index (χ3n) is 4.21. The normalized spacial score (nSPS) is 36.7. The second kappa shape index (κ2) is 4.73. The highest BCUT2D eigenvalue weighted by molar-refractivity contribution is 5.93.